The molecule has 0 aliphatic rings. The molecule has 0 aliphatic carbocycles. The zero-order valence-corrected chi connectivity index (χ0v) is 12.0. The predicted molar refractivity (Wildman–Crippen MR) is 79.9 cm³/mol. The van der Waals surface area contributed by atoms with Crippen LogP contribution >= 0.6 is 0 Å². The van der Waals surface area contributed by atoms with Gasteiger partial charge in [-0.25, -0.2) is 4.79 Å². The van der Waals surface area contributed by atoms with Crippen molar-refractivity contribution >= 4 is 11.7 Å². The van der Waals surface area contributed by atoms with Crippen LogP contribution in [-0.2, 0) is 6.54 Å². The summed E-state index contributed by atoms with van der Waals surface area (Å²) in [7, 11) is 0. The Hall–Kier alpha value is -1.71. The lowest BCUT2D eigenvalue weighted by Crippen LogP contribution is -2.40. The van der Waals surface area contributed by atoms with Crippen LogP contribution < -0.4 is 11.1 Å². The van der Waals surface area contributed by atoms with Crippen molar-refractivity contribution in [3.63, 3.8) is 0 Å². The first kappa shape index (κ1) is 15.3. The third kappa shape index (κ3) is 5.64. The zero-order valence-electron chi connectivity index (χ0n) is 12.0. The number of unbranched alkanes of at least 4 members (excludes halogenated alkanes) is 1. The van der Waals surface area contributed by atoms with Gasteiger partial charge in [-0.1, -0.05) is 32.4 Å². The lowest BCUT2D eigenvalue weighted by molar-refractivity contribution is 0.195. The number of nitrogens with zero attached hydrogens (tertiary/aromatic N) is 1. The Morgan fingerprint density at radius 3 is 2.47 bits per heavy atom. The Morgan fingerprint density at radius 2 is 1.89 bits per heavy atom. The number of rotatable bonds is 7. The van der Waals surface area contributed by atoms with Crippen molar-refractivity contribution in [3.05, 3.63) is 29.8 Å². The number of nitrogens with two attached hydrogens (primary N) is 1. The Labute approximate surface area is 116 Å². The van der Waals surface area contributed by atoms with Gasteiger partial charge >= 0.3 is 6.03 Å². The van der Waals surface area contributed by atoms with Crippen molar-refractivity contribution < 1.29 is 4.79 Å². The number of hydrogen-bond donors (Lipinski definition) is 2. The second-order valence-corrected chi connectivity index (χ2v) is 4.75. The van der Waals surface area contributed by atoms with Crippen LogP contribution in [-0.4, -0.2) is 24.0 Å². The summed E-state index contributed by atoms with van der Waals surface area (Å²) in [6.45, 7) is 6.34. The van der Waals surface area contributed by atoms with E-state index in [-0.39, 0.29) is 6.03 Å². The largest absolute Gasteiger partial charge is 0.399 e. The summed E-state index contributed by atoms with van der Waals surface area (Å²) in [6.07, 6.45) is 3.07. The maximum Gasteiger partial charge on any atom is 0.317 e. The fourth-order valence-corrected chi connectivity index (χ4v) is 1.85. The van der Waals surface area contributed by atoms with E-state index in [2.05, 4.69) is 19.2 Å². The van der Waals surface area contributed by atoms with Gasteiger partial charge in [0.1, 0.15) is 0 Å². The monoisotopic (exact) mass is 263 g/mol. The lowest BCUT2D eigenvalue weighted by atomic mass is 10.2. The maximum absolute atomic E-state index is 12.1. The summed E-state index contributed by atoms with van der Waals surface area (Å²) < 4.78 is 0. The van der Waals surface area contributed by atoms with Crippen LogP contribution in [0.2, 0.25) is 0 Å². The number of carbonyl (C=O) groups is 1. The summed E-state index contributed by atoms with van der Waals surface area (Å²) >= 11 is 0. The average Bonchev–Trinajstić information content (AvgIpc) is 2.41. The first-order valence-corrected chi connectivity index (χ1v) is 7.04. The molecule has 4 heteroatoms. The van der Waals surface area contributed by atoms with Gasteiger partial charge in [-0.15, -0.1) is 0 Å². The smallest absolute Gasteiger partial charge is 0.317 e. The number of nitrogen functional groups attached to an aromatic ring is 1. The van der Waals surface area contributed by atoms with Crippen LogP contribution in [0.25, 0.3) is 0 Å². The quantitative estimate of drug-likeness (QED) is 0.587. The maximum atomic E-state index is 12.1. The number of urea groups is 1. The van der Waals surface area contributed by atoms with Crippen LogP contribution in [0, 0.1) is 0 Å². The van der Waals surface area contributed by atoms with Crippen LogP contribution in [0.15, 0.2) is 24.3 Å². The van der Waals surface area contributed by atoms with E-state index in [1.54, 1.807) is 0 Å². The normalized spacial score (nSPS) is 10.2. The molecule has 1 rings (SSSR count). The molecule has 0 spiro atoms. The second-order valence-electron chi connectivity index (χ2n) is 4.75. The minimum absolute atomic E-state index is 0.0205. The Bertz CT molecular complexity index is 375. The Morgan fingerprint density at radius 1 is 1.21 bits per heavy atom. The molecule has 0 saturated heterocycles. The van der Waals surface area contributed by atoms with Gasteiger partial charge < -0.3 is 16.0 Å². The van der Waals surface area contributed by atoms with Crippen molar-refractivity contribution in [1.82, 2.24) is 10.2 Å². The molecule has 3 N–H and O–H groups in total. The van der Waals surface area contributed by atoms with Crippen molar-refractivity contribution in [2.75, 3.05) is 18.8 Å². The van der Waals surface area contributed by atoms with E-state index in [1.807, 2.05) is 29.2 Å². The van der Waals surface area contributed by atoms with E-state index in [9.17, 15) is 4.79 Å². The van der Waals surface area contributed by atoms with E-state index in [4.69, 9.17) is 5.73 Å². The molecule has 0 fully saturated rings. The first-order chi connectivity index (χ1) is 9.17. The molecule has 1 aromatic carbocycles. The van der Waals surface area contributed by atoms with Crippen LogP contribution in [0.3, 0.4) is 0 Å². The topological polar surface area (TPSA) is 58.4 Å². The van der Waals surface area contributed by atoms with Gasteiger partial charge in [0.25, 0.3) is 0 Å². The van der Waals surface area contributed by atoms with Gasteiger partial charge in [0.05, 0.1) is 0 Å². The highest BCUT2D eigenvalue weighted by molar-refractivity contribution is 5.74. The minimum atomic E-state index is 0.0205. The SMILES string of the molecule is CCCCNC(=O)N(CCC)Cc1ccc(N)cc1. The molecule has 1 aromatic rings. The van der Waals surface area contributed by atoms with Gasteiger partial charge in [-0.3, -0.25) is 0 Å². The van der Waals surface area contributed by atoms with Crippen LogP contribution in [0.5, 0.6) is 0 Å². The number of nitrogens with one attached hydrogen (secondary N) is 1. The fraction of sp³-hybridized carbons (Fsp3) is 0.533. The van der Waals surface area contributed by atoms with E-state index in [0.717, 1.165) is 43.6 Å². The number of amides is 2. The third-order valence-electron chi connectivity index (χ3n) is 2.94. The van der Waals surface area contributed by atoms with Gasteiger partial charge in [0, 0.05) is 25.3 Å². The highest BCUT2D eigenvalue weighted by Gasteiger charge is 2.12. The summed E-state index contributed by atoms with van der Waals surface area (Å²) in [5, 5.41) is 2.96. The molecule has 0 unspecified atom stereocenters. The van der Waals surface area contributed by atoms with Crippen LogP contribution in [0.1, 0.15) is 38.7 Å². The van der Waals surface area contributed by atoms with E-state index in [0.29, 0.717) is 6.54 Å². The van der Waals surface area contributed by atoms with Crippen molar-refractivity contribution in [2.24, 2.45) is 0 Å². The molecule has 4 nitrogen and oxygen atoms in total. The Kier molecular flexibility index (Phi) is 6.79. The molecule has 0 aliphatic heterocycles. The second kappa shape index (κ2) is 8.40. The minimum Gasteiger partial charge on any atom is -0.399 e. The van der Waals surface area contributed by atoms with E-state index < -0.39 is 0 Å². The molecule has 2 amide bonds. The molecule has 0 heterocycles. The molecule has 106 valence electrons. The number of benzene rings is 1. The predicted octanol–water partition coefficient (Wildman–Crippen LogP) is 2.99. The molecule has 0 saturated carbocycles. The van der Waals surface area contributed by atoms with E-state index in [1.165, 1.54) is 0 Å². The van der Waals surface area contributed by atoms with Gasteiger partial charge in [0.15, 0.2) is 0 Å². The zero-order chi connectivity index (χ0) is 14.1. The molecule has 0 aromatic heterocycles. The van der Waals surface area contributed by atoms with Crippen molar-refractivity contribution in [2.45, 2.75) is 39.7 Å². The summed E-state index contributed by atoms with van der Waals surface area (Å²) in [4.78, 5) is 13.9. The highest BCUT2D eigenvalue weighted by atomic mass is 16.2. The average molecular weight is 263 g/mol. The third-order valence-corrected chi connectivity index (χ3v) is 2.94. The highest BCUT2D eigenvalue weighted by Crippen LogP contribution is 2.09. The Balaban J connectivity index is 2.56. The molecule has 0 atom stereocenters. The summed E-state index contributed by atoms with van der Waals surface area (Å²) in [6, 6.07) is 7.70. The summed E-state index contributed by atoms with van der Waals surface area (Å²) in [5.74, 6) is 0. The van der Waals surface area contributed by atoms with E-state index >= 15 is 0 Å². The lowest BCUT2D eigenvalue weighted by Gasteiger charge is -2.22. The fourth-order valence-electron chi connectivity index (χ4n) is 1.85. The van der Waals surface area contributed by atoms with Crippen molar-refractivity contribution in [3.8, 4) is 0 Å². The van der Waals surface area contributed by atoms with Crippen LogP contribution in [0.4, 0.5) is 10.5 Å². The van der Waals surface area contributed by atoms with Crippen molar-refractivity contribution in [1.29, 1.82) is 0 Å². The molecule has 0 bridgehead atoms. The molecule has 0 radical (unpaired) electrons. The van der Waals surface area contributed by atoms with Gasteiger partial charge in [0.2, 0.25) is 0 Å². The molecular weight excluding hydrogens is 238 g/mol. The number of hydrogen-bond acceptors (Lipinski definition) is 2. The van der Waals surface area contributed by atoms with Gasteiger partial charge in [-0.05, 0) is 30.5 Å². The number of carbonyl (C=O) groups excluding carboxylic acids is 1. The molecular formula is C15H25N3O. The number of anilines is 1. The molecule has 19 heavy (non-hydrogen) atoms. The summed E-state index contributed by atoms with van der Waals surface area (Å²) in [5.41, 5.74) is 7.52. The standard InChI is InChI=1S/C15H25N3O/c1-3-5-10-17-15(19)18(11-4-2)12-13-6-8-14(16)9-7-13/h6-9H,3-5,10-12,16H2,1-2H3,(H,17,19). The van der Waals surface area contributed by atoms with Gasteiger partial charge in [-0.2, -0.15) is 0 Å². The first-order valence-electron chi connectivity index (χ1n) is 7.04.